The summed E-state index contributed by atoms with van der Waals surface area (Å²) in [6, 6.07) is 19.2. The van der Waals surface area contributed by atoms with Crippen LogP contribution in [0, 0.1) is 0 Å². The SMILES string of the molecule is CCNc1cccc(-c2ccnc3c(C(=O)c4ccccc4)cnn23)c1. The van der Waals surface area contributed by atoms with Crippen molar-refractivity contribution in [2.24, 2.45) is 0 Å². The number of carbonyl (C=O) groups is 1. The van der Waals surface area contributed by atoms with Crippen molar-refractivity contribution in [3.05, 3.63) is 84.2 Å². The van der Waals surface area contributed by atoms with Crippen molar-refractivity contribution in [2.45, 2.75) is 6.92 Å². The number of hydrogen-bond donors (Lipinski definition) is 1. The first kappa shape index (κ1) is 16.0. The Morgan fingerprint density at radius 3 is 2.73 bits per heavy atom. The van der Waals surface area contributed by atoms with E-state index in [-0.39, 0.29) is 5.78 Å². The number of hydrogen-bond acceptors (Lipinski definition) is 4. The van der Waals surface area contributed by atoms with Gasteiger partial charge in [-0.05, 0) is 25.1 Å². The highest BCUT2D eigenvalue weighted by Crippen LogP contribution is 2.24. The van der Waals surface area contributed by atoms with E-state index in [1.807, 2.05) is 42.5 Å². The maximum atomic E-state index is 12.8. The number of benzene rings is 2. The van der Waals surface area contributed by atoms with Gasteiger partial charge in [-0.25, -0.2) is 9.50 Å². The number of carbonyl (C=O) groups excluding carboxylic acids is 1. The van der Waals surface area contributed by atoms with Crippen LogP contribution < -0.4 is 5.32 Å². The molecule has 0 bridgehead atoms. The monoisotopic (exact) mass is 342 g/mol. The van der Waals surface area contributed by atoms with Crippen molar-refractivity contribution >= 4 is 17.1 Å². The summed E-state index contributed by atoms with van der Waals surface area (Å²) in [5.74, 6) is -0.0772. The predicted octanol–water partition coefficient (Wildman–Crippen LogP) is 4.06. The molecule has 0 saturated heterocycles. The second kappa shape index (κ2) is 6.80. The highest BCUT2D eigenvalue weighted by atomic mass is 16.1. The van der Waals surface area contributed by atoms with Crippen LogP contribution >= 0.6 is 0 Å². The van der Waals surface area contributed by atoms with Crippen LogP contribution in [0.2, 0.25) is 0 Å². The average Bonchev–Trinajstić information content (AvgIpc) is 3.13. The Hall–Kier alpha value is -3.47. The molecule has 4 rings (SSSR count). The largest absolute Gasteiger partial charge is 0.385 e. The lowest BCUT2D eigenvalue weighted by molar-refractivity contribution is 0.104. The molecule has 2 heterocycles. The minimum Gasteiger partial charge on any atom is -0.385 e. The average molecular weight is 342 g/mol. The molecule has 0 radical (unpaired) electrons. The van der Waals surface area contributed by atoms with Crippen LogP contribution in [-0.4, -0.2) is 26.9 Å². The second-order valence-electron chi connectivity index (χ2n) is 5.93. The summed E-state index contributed by atoms with van der Waals surface area (Å²) in [6.07, 6.45) is 3.31. The molecule has 0 aliphatic heterocycles. The fraction of sp³-hybridized carbons (Fsp3) is 0.0952. The maximum absolute atomic E-state index is 12.8. The zero-order chi connectivity index (χ0) is 17.9. The standard InChI is InChI=1S/C21H18N4O/c1-2-22-17-10-6-9-16(13-17)19-11-12-23-21-18(14-24-25(19)21)20(26)15-7-4-3-5-8-15/h3-14,22H,2H2,1H3. The molecule has 1 N–H and O–H groups in total. The molecule has 0 spiro atoms. The van der Waals surface area contributed by atoms with Crippen LogP contribution in [0.25, 0.3) is 16.9 Å². The molecule has 128 valence electrons. The highest BCUT2D eigenvalue weighted by Gasteiger charge is 2.17. The third kappa shape index (κ3) is 2.84. The zero-order valence-electron chi connectivity index (χ0n) is 14.4. The molecular weight excluding hydrogens is 324 g/mol. The van der Waals surface area contributed by atoms with Crippen molar-refractivity contribution in [1.82, 2.24) is 14.6 Å². The number of nitrogens with one attached hydrogen (secondary N) is 1. The molecule has 26 heavy (non-hydrogen) atoms. The van der Waals surface area contributed by atoms with E-state index in [1.165, 1.54) is 0 Å². The number of aromatic nitrogens is 3. The quantitative estimate of drug-likeness (QED) is 0.556. The fourth-order valence-electron chi connectivity index (χ4n) is 3.01. The van der Waals surface area contributed by atoms with Crippen molar-refractivity contribution < 1.29 is 4.79 Å². The molecule has 0 fully saturated rings. The summed E-state index contributed by atoms with van der Waals surface area (Å²) in [5, 5.41) is 7.74. The van der Waals surface area contributed by atoms with Gasteiger partial charge in [0.25, 0.3) is 0 Å². The molecule has 0 aliphatic rings. The molecule has 0 aliphatic carbocycles. The van der Waals surface area contributed by atoms with Crippen molar-refractivity contribution in [1.29, 1.82) is 0 Å². The van der Waals surface area contributed by atoms with Crippen molar-refractivity contribution in [3.63, 3.8) is 0 Å². The zero-order valence-corrected chi connectivity index (χ0v) is 14.4. The lowest BCUT2D eigenvalue weighted by atomic mass is 10.1. The Morgan fingerprint density at radius 2 is 1.92 bits per heavy atom. The molecule has 0 unspecified atom stereocenters. The van der Waals surface area contributed by atoms with E-state index in [0.29, 0.717) is 16.8 Å². The third-order valence-corrected chi connectivity index (χ3v) is 4.22. The molecule has 0 atom stereocenters. The van der Waals surface area contributed by atoms with Gasteiger partial charge >= 0.3 is 0 Å². The van der Waals surface area contributed by atoms with E-state index in [0.717, 1.165) is 23.5 Å². The van der Waals surface area contributed by atoms with Gasteiger partial charge in [0.1, 0.15) is 0 Å². The first-order valence-corrected chi connectivity index (χ1v) is 8.54. The number of anilines is 1. The van der Waals surface area contributed by atoms with E-state index >= 15 is 0 Å². The molecule has 5 nitrogen and oxygen atoms in total. The normalized spacial score (nSPS) is 10.8. The van der Waals surface area contributed by atoms with Gasteiger partial charge in [-0.1, -0.05) is 42.5 Å². The fourth-order valence-corrected chi connectivity index (χ4v) is 3.01. The van der Waals surface area contributed by atoms with Gasteiger partial charge < -0.3 is 5.32 Å². The summed E-state index contributed by atoms with van der Waals surface area (Å²) in [4.78, 5) is 17.2. The van der Waals surface area contributed by atoms with Crippen LogP contribution in [0.1, 0.15) is 22.8 Å². The smallest absolute Gasteiger partial charge is 0.198 e. The Bertz CT molecular complexity index is 1070. The van der Waals surface area contributed by atoms with Crippen LogP contribution in [0.4, 0.5) is 5.69 Å². The highest BCUT2D eigenvalue weighted by molar-refractivity contribution is 6.12. The molecule has 2 aromatic carbocycles. The summed E-state index contributed by atoms with van der Waals surface area (Å²) in [6.45, 7) is 2.92. The summed E-state index contributed by atoms with van der Waals surface area (Å²) < 4.78 is 1.72. The molecule has 4 aromatic rings. The van der Waals surface area contributed by atoms with Gasteiger partial charge in [-0.2, -0.15) is 5.10 Å². The Balaban J connectivity index is 1.81. The van der Waals surface area contributed by atoms with E-state index in [4.69, 9.17) is 0 Å². The number of ketones is 1. The molecular formula is C21H18N4O. The summed E-state index contributed by atoms with van der Waals surface area (Å²) in [5.41, 5.74) is 4.64. The summed E-state index contributed by atoms with van der Waals surface area (Å²) >= 11 is 0. The van der Waals surface area contributed by atoms with Crippen LogP contribution in [0.3, 0.4) is 0 Å². The van der Waals surface area contributed by atoms with Gasteiger partial charge in [0, 0.05) is 29.6 Å². The third-order valence-electron chi connectivity index (χ3n) is 4.22. The van der Waals surface area contributed by atoms with E-state index < -0.39 is 0 Å². The van der Waals surface area contributed by atoms with E-state index in [1.54, 1.807) is 29.0 Å². The maximum Gasteiger partial charge on any atom is 0.198 e. The lowest BCUT2D eigenvalue weighted by Crippen LogP contribution is -2.02. The Morgan fingerprint density at radius 1 is 1.08 bits per heavy atom. The van der Waals surface area contributed by atoms with E-state index in [9.17, 15) is 4.79 Å². The van der Waals surface area contributed by atoms with Gasteiger partial charge in [0.2, 0.25) is 0 Å². The van der Waals surface area contributed by atoms with Crippen molar-refractivity contribution in [2.75, 3.05) is 11.9 Å². The minimum absolute atomic E-state index is 0.0772. The molecule has 0 saturated carbocycles. The van der Waals surface area contributed by atoms with Crippen LogP contribution in [0.5, 0.6) is 0 Å². The lowest BCUT2D eigenvalue weighted by Gasteiger charge is -2.08. The van der Waals surface area contributed by atoms with Gasteiger partial charge in [0.15, 0.2) is 11.4 Å². The molecule has 2 aromatic heterocycles. The number of fused-ring (bicyclic) bond motifs is 1. The number of nitrogens with zero attached hydrogens (tertiary/aromatic N) is 3. The summed E-state index contributed by atoms with van der Waals surface area (Å²) in [7, 11) is 0. The van der Waals surface area contributed by atoms with Gasteiger partial charge in [-0.15, -0.1) is 0 Å². The number of rotatable bonds is 5. The van der Waals surface area contributed by atoms with Gasteiger partial charge in [0.05, 0.1) is 17.5 Å². The molecule has 5 heteroatoms. The Kier molecular flexibility index (Phi) is 4.19. The minimum atomic E-state index is -0.0772. The first-order valence-electron chi connectivity index (χ1n) is 8.54. The molecule has 0 amide bonds. The second-order valence-corrected chi connectivity index (χ2v) is 5.93. The van der Waals surface area contributed by atoms with Crippen molar-refractivity contribution in [3.8, 4) is 11.3 Å². The van der Waals surface area contributed by atoms with Crippen LogP contribution in [0.15, 0.2) is 73.1 Å². The van der Waals surface area contributed by atoms with Crippen LogP contribution in [-0.2, 0) is 0 Å². The van der Waals surface area contributed by atoms with E-state index in [2.05, 4.69) is 28.4 Å². The van der Waals surface area contributed by atoms with Gasteiger partial charge in [-0.3, -0.25) is 4.79 Å². The topological polar surface area (TPSA) is 59.3 Å². The predicted molar refractivity (Wildman–Crippen MR) is 102 cm³/mol. The first-order chi connectivity index (χ1) is 12.8. The Labute approximate surface area is 151 Å².